The monoisotopic (exact) mass is 425 g/mol. The summed E-state index contributed by atoms with van der Waals surface area (Å²) in [7, 11) is 0. The highest BCUT2D eigenvalue weighted by atomic mass is 35.5. The van der Waals surface area contributed by atoms with E-state index in [1.807, 2.05) is 42.5 Å². The molecule has 30 heavy (non-hydrogen) atoms. The standard InChI is InChI=1S/C24H28ClN3O2/c1-4-24(5-2,16(3)29)22-15-28(13-12-26-22)23-18-8-6-7-9-20(18)30-21-11-10-17(25)14-19(21)27-23/h6-11,14,22,26H,4-5,12-13,15H2,1-3H3/t22-/m0/s1. The molecule has 5 nitrogen and oxygen atoms in total. The zero-order chi connectivity index (χ0) is 21.3. The lowest BCUT2D eigenvalue weighted by Crippen LogP contribution is -2.61. The van der Waals surface area contributed by atoms with Crippen molar-refractivity contribution in [2.24, 2.45) is 10.4 Å². The molecule has 0 saturated carbocycles. The van der Waals surface area contributed by atoms with Gasteiger partial charge in [-0.25, -0.2) is 4.99 Å². The maximum atomic E-state index is 12.6. The number of halogens is 1. The molecule has 2 aromatic rings. The molecule has 158 valence electrons. The van der Waals surface area contributed by atoms with Crippen molar-refractivity contribution in [3.63, 3.8) is 0 Å². The lowest BCUT2D eigenvalue weighted by Gasteiger charge is -2.45. The molecule has 2 aliphatic heterocycles. The van der Waals surface area contributed by atoms with Crippen LogP contribution in [0.3, 0.4) is 0 Å². The number of aliphatic imine (C=N–C) groups is 1. The number of para-hydroxylation sites is 1. The van der Waals surface area contributed by atoms with Gasteiger partial charge in [0.25, 0.3) is 0 Å². The number of nitrogens with one attached hydrogen (secondary N) is 1. The summed E-state index contributed by atoms with van der Waals surface area (Å²) in [6, 6.07) is 13.5. The van der Waals surface area contributed by atoms with E-state index in [1.54, 1.807) is 6.92 Å². The number of hydrogen-bond donors (Lipinski definition) is 1. The van der Waals surface area contributed by atoms with Crippen LogP contribution in [0.1, 0.15) is 39.2 Å². The van der Waals surface area contributed by atoms with Crippen LogP contribution in [0.4, 0.5) is 5.69 Å². The topological polar surface area (TPSA) is 53.9 Å². The average molecular weight is 426 g/mol. The summed E-state index contributed by atoms with van der Waals surface area (Å²) >= 11 is 6.24. The van der Waals surface area contributed by atoms with Crippen molar-refractivity contribution in [2.75, 3.05) is 19.6 Å². The second-order valence-corrected chi connectivity index (χ2v) is 8.45. The molecule has 1 fully saturated rings. The van der Waals surface area contributed by atoms with E-state index < -0.39 is 0 Å². The smallest absolute Gasteiger partial charge is 0.153 e. The van der Waals surface area contributed by atoms with E-state index in [0.717, 1.165) is 43.1 Å². The molecule has 2 aromatic carbocycles. The molecular formula is C24H28ClN3O2. The number of carbonyl (C=O) groups excluding carboxylic acids is 1. The largest absolute Gasteiger partial charge is 0.454 e. The van der Waals surface area contributed by atoms with Gasteiger partial charge in [0, 0.05) is 36.1 Å². The fourth-order valence-corrected chi connectivity index (χ4v) is 4.90. The van der Waals surface area contributed by atoms with Gasteiger partial charge in [-0.3, -0.25) is 4.79 Å². The van der Waals surface area contributed by atoms with Gasteiger partial charge in [0.1, 0.15) is 23.1 Å². The third-order valence-electron chi connectivity index (χ3n) is 6.60. The minimum absolute atomic E-state index is 0.0663. The molecule has 0 aliphatic carbocycles. The van der Waals surface area contributed by atoms with Crippen molar-refractivity contribution < 1.29 is 9.53 Å². The summed E-state index contributed by atoms with van der Waals surface area (Å²) < 4.78 is 6.18. The molecule has 0 bridgehead atoms. The van der Waals surface area contributed by atoms with Crippen LogP contribution in [-0.2, 0) is 4.79 Å². The highest BCUT2D eigenvalue weighted by Gasteiger charge is 2.42. The van der Waals surface area contributed by atoms with Crippen LogP contribution in [0.5, 0.6) is 11.5 Å². The molecule has 2 heterocycles. The van der Waals surface area contributed by atoms with Crippen molar-refractivity contribution in [3.8, 4) is 11.5 Å². The Hall–Kier alpha value is -2.37. The van der Waals surface area contributed by atoms with Crippen molar-refractivity contribution in [1.29, 1.82) is 0 Å². The molecule has 4 rings (SSSR count). The van der Waals surface area contributed by atoms with E-state index in [9.17, 15) is 4.79 Å². The Morgan fingerprint density at radius 3 is 2.73 bits per heavy atom. The number of benzene rings is 2. The van der Waals surface area contributed by atoms with Crippen molar-refractivity contribution in [1.82, 2.24) is 10.2 Å². The van der Waals surface area contributed by atoms with Gasteiger partial charge in [0.15, 0.2) is 5.75 Å². The van der Waals surface area contributed by atoms with E-state index >= 15 is 0 Å². The van der Waals surface area contributed by atoms with Crippen LogP contribution in [0.2, 0.25) is 5.02 Å². The van der Waals surface area contributed by atoms with Gasteiger partial charge in [-0.15, -0.1) is 0 Å². The molecule has 0 radical (unpaired) electrons. The zero-order valence-corrected chi connectivity index (χ0v) is 18.5. The molecule has 0 spiro atoms. The number of fused-ring (bicyclic) bond motifs is 2. The van der Waals surface area contributed by atoms with Crippen molar-refractivity contribution >= 4 is 28.9 Å². The molecular weight excluding hydrogens is 398 g/mol. The first kappa shape index (κ1) is 20.9. The molecule has 2 aliphatic rings. The number of rotatable bonds is 4. The number of ketones is 1. The van der Waals surface area contributed by atoms with E-state index in [0.29, 0.717) is 23.0 Å². The molecule has 0 amide bonds. The van der Waals surface area contributed by atoms with Crippen LogP contribution in [0, 0.1) is 5.41 Å². The van der Waals surface area contributed by atoms with E-state index in [1.165, 1.54) is 0 Å². The quantitative estimate of drug-likeness (QED) is 0.732. The van der Waals surface area contributed by atoms with Crippen LogP contribution in [0.15, 0.2) is 47.5 Å². The maximum Gasteiger partial charge on any atom is 0.153 e. The normalized spacial score (nSPS) is 18.6. The predicted molar refractivity (Wildman–Crippen MR) is 121 cm³/mol. The van der Waals surface area contributed by atoms with Crippen LogP contribution >= 0.6 is 11.6 Å². The number of amidine groups is 1. The third-order valence-corrected chi connectivity index (χ3v) is 6.84. The first-order valence-electron chi connectivity index (χ1n) is 10.6. The Morgan fingerprint density at radius 2 is 2.00 bits per heavy atom. The Balaban J connectivity index is 1.77. The first-order valence-corrected chi connectivity index (χ1v) is 11.0. The molecule has 1 atom stereocenters. The van der Waals surface area contributed by atoms with Gasteiger partial charge in [-0.2, -0.15) is 0 Å². The molecule has 6 heteroatoms. The summed E-state index contributed by atoms with van der Waals surface area (Å²) in [6.07, 6.45) is 1.63. The molecule has 0 aromatic heterocycles. The van der Waals surface area contributed by atoms with Crippen molar-refractivity contribution in [3.05, 3.63) is 53.1 Å². The summed E-state index contributed by atoms with van der Waals surface area (Å²) in [6.45, 7) is 8.25. The van der Waals surface area contributed by atoms with Crippen LogP contribution < -0.4 is 10.1 Å². The fraction of sp³-hybridized carbons (Fsp3) is 0.417. The van der Waals surface area contributed by atoms with Gasteiger partial charge in [-0.1, -0.05) is 37.6 Å². The summed E-state index contributed by atoms with van der Waals surface area (Å²) in [5, 5.41) is 4.23. The van der Waals surface area contributed by atoms with Gasteiger partial charge < -0.3 is 15.0 Å². The summed E-state index contributed by atoms with van der Waals surface area (Å²) in [4.78, 5) is 19.9. The fourth-order valence-electron chi connectivity index (χ4n) is 4.74. The Morgan fingerprint density at radius 1 is 1.23 bits per heavy atom. The zero-order valence-electron chi connectivity index (χ0n) is 17.7. The Labute approximate surface area is 183 Å². The number of nitrogens with zero attached hydrogens (tertiary/aromatic N) is 2. The highest BCUT2D eigenvalue weighted by Crippen LogP contribution is 2.40. The van der Waals surface area contributed by atoms with Crippen molar-refractivity contribution in [2.45, 2.75) is 39.7 Å². The second-order valence-electron chi connectivity index (χ2n) is 8.02. The average Bonchev–Trinajstić information content (AvgIpc) is 2.91. The van der Waals surface area contributed by atoms with Gasteiger partial charge in [0.05, 0.1) is 5.56 Å². The second kappa shape index (κ2) is 8.40. The summed E-state index contributed by atoms with van der Waals surface area (Å²) in [5.41, 5.74) is 1.29. The third kappa shape index (κ3) is 3.61. The number of hydrogen-bond acceptors (Lipinski definition) is 5. The van der Waals surface area contributed by atoms with Gasteiger partial charge in [0.2, 0.25) is 0 Å². The summed E-state index contributed by atoms with van der Waals surface area (Å²) in [5.74, 6) is 2.57. The first-order chi connectivity index (χ1) is 14.5. The number of carbonyl (C=O) groups is 1. The number of piperazine rings is 1. The van der Waals surface area contributed by atoms with Crippen LogP contribution in [0.25, 0.3) is 0 Å². The highest BCUT2D eigenvalue weighted by molar-refractivity contribution is 6.31. The number of Topliss-reactive ketones (excluding diaryl/α,β-unsaturated/α-hetero) is 1. The minimum Gasteiger partial charge on any atom is -0.454 e. The maximum absolute atomic E-state index is 12.6. The van der Waals surface area contributed by atoms with E-state index in [-0.39, 0.29) is 17.2 Å². The molecule has 1 N–H and O–H groups in total. The lowest BCUT2D eigenvalue weighted by atomic mass is 9.71. The van der Waals surface area contributed by atoms with E-state index in [2.05, 4.69) is 24.1 Å². The number of ether oxygens (including phenoxy) is 1. The van der Waals surface area contributed by atoms with E-state index in [4.69, 9.17) is 21.3 Å². The SMILES string of the molecule is CCC(CC)(C(C)=O)[C@@H]1CN(C2=Nc3cc(Cl)ccc3Oc3ccccc32)CCN1. The van der Waals surface area contributed by atoms with Gasteiger partial charge in [-0.05, 0) is 50.1 Å². The van der Waals surface area contributed by atoms with Gasteiger partial charge >= 0.3 is 0 Å². The minimum atomic E-state index is -0.374. The van der Waals surface area contributed by atoms with Crippen LogP contribution in [-0.4, -0.2) is 42.2 Å². The Kier molecular flexibility index (Phi) is 5.85. The Bertz CT molecular complexity index is 984. The lowest BCUT2D eigenvalue weighted by molar-refractivity contribution is -0.129. The predicted octanol–water partition coefficient (Wildman–Crippen LogP) is 5.19. The molecule has 1 saturated heterocycles. The molecule has 0 unspecified atom stereocenters.